The molecule has 13 heavy (non-hydrogen) atoms. The van der Waals surface area contributed by atoms with Crippen LogP contribution in [-0.2, 0) is 0 Å². The van der Waals surface area contributed by atoms with Crippen molar-refractivity contribution in [3.05, 3.63) is 24.0 Å². The quantitative estimate of drug-likeness (QED) is 0.716. The second-order valence-electron chi connectivity index (χ2n) is 3.74. The fraction of sp³-hybridized carbons (Fsp3) is 0.600. The number of nitrogens with zero attached hydrogens (tertiary/aromatic N) is 1. The van der Waals surface area contributed by atoms with Gasteiger partial charge in [-0.25, -0.2) is 0 Å². The van der Waals surface area contributed by atoms with Gasteiger partial charge in [0.15, 0.2) is 0 Å². The van der Waals surface area contributed by atoms with Gasteiger partial charge in [-0.1, -0.05) is 0 Å². The Labute approximate surface area is 78.4 Å². The number of aromatic amines is 1. The summed E-state index contributed by atoms with van der Waals surface area (Å²) in [5, 5.41) is 9.39. The second kappa shape index (κ2) is 3.52. The van der Waals surface area contributed by atoms with Gasteiger partial charge in [0.05, 0.1) is 6.10 Å². The molecule has 3 heteroatoms. The second-order valence-corrected chi connectivity index (χ2v) is 3.74. The van der Waals surface area contributed by atoms with Gasteiger partial charge in [0.25, 0.3) is 0 Å². The fourth-order valence-corrected chi connectivity index (χ4v) is 1.92. The van der Waals surface area contributed by atoms with Crippen LogP contribution in [0.2, 0.25) is 0 Å². The first-order valence-electron chi connectivity index (χ1n) is 4.83. The molecule has 1 saturated heterocycles. The largest absolute Gasteiger partial charge is 0.392 e. The van der Waals surface area contributed by atoms with Crippen molar-refractivity contribution in [1.82, 2.24) is 9.88 Å². The van der Waals surface area contributed by atoms with Gasteiger partial charge in [0.2, 0.25) is 0 Å². The van der Waals surface area contributed by atoms with Crippen molar-refractivity contribution in [3.63, 3.8) is 0 Å². The molecule has 3 nitrogen and oxygen atoms in total. The Morgan fingerprint density at radius 2 is 2.54 bits per heavy atom. The summed E-state index contributed by atoms with van der Waals surface area (Å²) in [5.74, 6) is 0. The minimum Gasteiger partial charge on any atom is -0.392 e. The van der Waals surface area contributed by atoms with E-state index in [-0.39, 0.29) is 6.10 Å². The van der Waals surface area contributed by atoms with Crippen molar-refractivity contribution in [1.29, 1.82) is 0 Å². The molecule has 2 heterocycles. The number of aliphatic hydroxyl groups excluding tert-OH is 1. The molecular formula is C10H16N2O. The van der Waals surface area contributed by atoms with Gasteiger partial charge in [-0.3, -0.25) is 4.90 Å². The Morgan fingerprint density at radius 3 is 3.08 bits per heavy atom. The number of hydrogen-bond acceptors (Lipinski definition) is 2. The molecule has 0 spiro atoms. The third-order valence-corrected chi connectivity index (χ3v) is 2.81. The molecule has 0 saturated carbocycles. The third-order valence-electron chi connectivity index (χ3n) is 2.81. The van der Waals surface area contributed by atoms with E-state index in [2.05, 4.69) is 22.9 Å². The molecule has 1 unspecified atom stereocenters. The van der Waals surface area contributed by atoms with E-state index in [0.29, 0.717) is 6.04 Å². The summed E-state index contributed by atoms with van der Waals surface area (Å²) in [6.45, 7) is 3.98. The van der Waals surface area contributed by atoms with E-state index in [1.165, 1.54) is 5.69 Å². The number of H-pyrrole nitrogens is 1. The van der Waals surface area contributed by atoms with Crippen molar-refractivity contribution < 1.29 is 5.11 Å². The van der Waals surface area contributed by atoms with Gasteiger partial charge in [-0.2, -0.15) is 0 Å². The first-order valence-corrected chi connectivity index (χ1v) is 4.83. The number of likely N-dealkylation sites (tertiary alicyclic amines) is 1. The lowest BCUT2D eigenvalue weighted by Crippen LogP contribution is -2.25. The van der Waals surface area contributed by atoms with E-state index < -0.39 is 0 Å². The summed E-state index contributed by atoms with van der Waals surface area (Å²) in [5.41, 5.74) is 1.23. The predicted molar refractivity (Wildman–Crippen MR) is 51.4 cm³/mol. The highest BCUT2D eigenvalue weighted by molar-refractivity contribution is 5.08. The fourth-order valence-electron chi connectivity index (χ4n) is 1.92. The zero-order valence-electron chi connectivity index (χ0n) is 7.90. The number of rotatable bonds is 2. The molecule has 2 N–H and O–H groups in total. The van der Waals surface area contributed by atoms with Crippen LogP contribution in [0.1, 0.15) is 25.1 Å². The van der Waals surface area contributed by atoms with Gasteiger partial charge in [0.1, 0.15) is 0 Å². The SMILES string of the molecule is CC(c1ccc[nH]1)N1CC[C@@H](O)C1. The van der Waals surface area contributed by atoms with Crippen molar-refractivity contribution in [2.24, 2.45) is 0 Å². The molecular weight excluding hydrogens is 164 g/mol. The lowest BCUT2D eigenvalue weighted by atomic mass is 10.2. The molecule has 0 bridgehead atoms. The van der Waals surface area contributed by atoms with Crippen LogP contribution in [0.3, 0.4) is 0 Å². The normalized spacial score (nSPS) is 26.5. The van der Waals surface area contributed by atoms with Gasteiger partial charge >= 0.3 is 0 Å². The van der Waals surface area contributed by atoms with E-state index in [0.717, 1.165) is 19.5 Å². The molecule has 1 aromatic heterocycles. The van der Waals surface area contributed by atoms with Gasteiger partial charge in [0, 0.05) is 31.0 Å². The first-order chi connectivity index (χ1) is 6.27. The van der Waals surface area contributed by atoms with E-state index in [9.17, 15) is 5.11 Å². The Kier molecular flexibility index (Phi) is 2.38. The molecule has 0 aliphatic carbocycles. The third kappa shape index (κ3) is 1.76. The number of hydrogen-bond donors (Lipinski definition) is 2. The van der Waals surface area contributed by atoms with Crippen molar-refractivity contribution >= 4 is 0 Å². The minimum atomic E-state index is -0.127. The lowest BCUT2D eigenvalue weighted by molar-refractivity contribution is 0.162. The van der Waals surface area contributed by atoms with Crippen LogP contribution >= 0.6 is 0 Å². The van der Waals surface area contributed by atoms with E-state index in [1.54, 1.807) is 0 Å². The summed E-state index contributed by atoms with van der Waals surface area (Å²) >= 11 is 0. The summed E-state index contributed by atoms with van der Waals surface area (Å²) in [4.78, 5) is 5.51. The van der Waals surface area contributed by atoms with Crippen LogP contribution in [0.15, 0.2) is 18.3 Å². The maximum Gasteiger partial charge on any atom is 0.0679 e. The average molecular weight is 180 g/mol. The van der Waals surface area contributed by atoms with Gasteiger partial charge in [-0.05, 0) is 25.5 Å². The smallest absolute Gasteiger partial charge is 0.0679 e. The molecule has 0 amide bonds. The van der Waals surface area contributed by atoms with Crippen LogP contribution in [0, 0.1) is 0 Å². The van der Waals surface area contributed by atoms with Crippen LogP contribution in [-0.4, -0.2) is 34.2 Å². The summed E-state index contributed by atoms with van der Waals surface area (Å²) in [6.07, 6.45) is 2.72. The molecule has 2 rings (SSSR count). The van der Waals surface area contributed by atoms with Gasteiger partial charge in [-0.15, -0.1) is 0 Å². The zero-order chi connectivity index (χ0) is 9.26. The predicted octanol–water partition coefficient (Wildman–Crippen LogP) is 1.14. The van der Waals surface area contributed by atoms with Crippen molar-refractivity contribution in [3.8, 4) is 0 Å². The molecule has 1 aromatic rings. The maximum atomic E-state index is 9.39. The monoisotopic (exact) mass is 180 g/mol. The van der Waals surface area contributed by atoms with Gasteiger partial charge < -0.3 is 10.1 Å². The molecule has 1 fully saturated rings. The lowest BCUT2D eigenvalue weighted by Gasteiger charge is -2.22. The Morgan fingerprint density at radius 1 is 1.69 bits per heavy atom. The van der Waals surface area contributed by atoms with Crippen molar-refractivity contribution in [2.75, 3.05) is 13.1 Å². The summed E-state index contributed by atoms with van der Waals surface area (Å²) in [6, 6.07) is 4.50. The highest BCUT2D eigenvalue weighted by atomic mass is 16.3. The number of aromatic nitrogens is 1. The summed E-state index contributed by atoms with van der Waals surface area (Å²) in [7, 11) is 0. The molecule has 2 atom stereocenters. The Hall–Kier alpha value is -0.800. The first kappa shape index (κ1) is 8.78. The Bertz CT molecular complexity index is 258. The highest BCUT2D eigenvalue weighted by Gasteiger charge is 2.25. The van der Waals surface area contributed by atoms with Crippen LogP contribution in [0.25, 0.3) is 0 Å². The highest BCUT2D eigenvalue weighted by Crippen LogP contribution is 2.22. The van der Waals surface area contributed by atoms with Crippen molar-refractivity contribution in [2.45, 2.75) is 25.5 Å². The van der Waals surface area contributed by atoms with Crippen LogP contribution in [0.4, 0.5) is 0 Å². The number of β-amino-alcohol motifs (C(OH)–C–C–N with tert-alkyl or cyclic N) is 1. The Balaban J connectivity index is 2.02. The van der Waals surface area contributed by atoms with E-state index in [4.69, 9.17) is 0 Å². The van der Waals surface area contributed by atoms with E-state index >= 15 is 0 Å². The average Bonchev–Trinajstić information content (AvgIpc) is 2.72. The topological polar surface area (TPSA) is 39.3 Å². The molecule has 0 radical (unpaired) electrons. The number of aliphatic hydroxyl groups is 1. The zero-order valence-corrected chi connectivity index (χ0v) is 7.90. The molecule has 1 aliphatic heterocycles. The van der Waals surface area contributed by atoms with E-state index in [1.807, 2.05) is 12.3 Å². The molecule has 1 aliphatic rings. The van der Waals surface area contributed by atoms with Crippen LogP contribution < -0.4 is 0 Å². The standard InChI is InChI=1S/C10H16N2O/c1-8(10-3-2-5-11-10)12-6-4-9(13)7-12/h2-3,5,8-9,11,13H,4,6-7H2,1H3/t8?,9-/m1/s1. The number of nitrogens with one attached hydrogen (secondary N) is 1. The maximum absolute atomic E-state index is 9.39. The summed E-state index contributed by atoms with van der Waals surface area (Å²) < 4.78 is 0. The molecule has 72 valence electrons. The van der Waals surface area contributed by atoms with Crippen LogP contribution in [0.5, 0.6) is 0 Å². The minimum absolute atomic E-state index is 0.127. The molecule has 0 aromatic carbocycles.